The Bertz CT molecular complexity index is 1130. The number of carbonyl (C=O) groups excluding carboxylic acids is 2. The third kappa shape index (κ3) is 4.25. The van der Waals surface area contributed by atoms with E-state index in [0.717, 1.165) is 23.5 Å². The minimum atomic E-state index is -0.253. The standard InChI is InChI=1S/C24H29N5O4/c1-15(2)21(25-23(30)17-8-12-32-14-17)22-27-26-20-7-9-28(10-11-29(20)22)24(31)19-13-16-5-3-4-6-18(16)33-19/h3-6,13,15,17,21H,7-12,14H2,1-2H3,(H,25,30)/t17-,21-/m1/s1. The summed E-state index contributed by atoms with van der Waals surface area (Å²) in [7, 11) is 0. The van der Waals surface area contributed by atoms with E-state index in [1.165, 1.54) is 0 Å². The van der Waals surface area contributed by atoms with Crippen LogP contribution in [0.3, 0.4) is 0 Å². The molecular weight excluding hydrogens is 422 g/mol. The van der Waals surface area contributed by atoms with Crippen LogP contribution in [0.25, 0.3) is 11.0 Å². The van der Waals surface area contributed by atoms with E-state index in [9.17, 15) is 9.59 Å². The maximum Gasteiger partial charge on any atom is 0.289 e. The largest absolute Gasteiger partial charge is 0.451 e. The summed E-state index contributed by atoms with van der Waals surface area (Å²) in [5.41, 5.74) is 0.707. The molecule has 0 saturated carbocycles. The number of carbonyl (C=O) groups is 2. The lowest BCUT2D eigenvalue weighted by Gasteiger charge is -2.24. The van der Waals surface area contributed by atoms with Crippen LogP contribution in [0.4, 0.5) is 0 Å². The smallest absolute Gasteiger partial charge is 0.289 e. The van der Waals surface area contributed by atoms with E-state index < -0.39 is 0 Å². The average Bonchev–Trinajstić information content (AvgIpc) is 3.54. The van der Waals surface area contributed by atoms with Crippen LogP contribution in [0.5, 0.6) is 0 Å². The van der Waals surface area contributed by atoms with Gasteiger partial charge >= 0.3 is 0 Å². The van der Waals surface area contributed by atoms with Gasteiger partial charge in [0.05, 0.1) is 18.6 Å². The van der Waals surface area contributed by atoms with Gasteiger partial charge in [0.15, 0.2) is 11.6 Å². The van der Waals surface area contributed by atoms with Gasteiger partial charge < -0.3 is 23.9 Å². The Kier molecular flexibility index (Phi) is 5.88. The van der Waals surface area contributed by atoms with E-state index in [1.54, 1.807) is 11.0 Å². The third-order valence-electron chi connectivity index (χ3n) is 6.52. The van der Waals surface area contributed by atoms with Crippen LogP contribution in [0.1, 0.15) is 48.5 Å². The summed E-state index contributed by atoms with van der Waals surface area (Å²) in [6.07, 6.45) is 1.33. The number of hydrogen-bond donors (Lipinski definition) is 1. The first-order valence-corrected chi connectivity index (χ1v) is 11.6. The average molecular weight is 452 g/mol. The van der Waals surface area contributed by atoms with Crippen molar-refractivity contribution in [2.24, 2.45) is 11.8 Å². The molecule has 0 spiro atoms. The van der Waals surface area contributed by atoms with Crippen LogP contribution in [0.15, 0.2) is 34.7 Å². The number of ether oxygens (including phenoxy) is 1. The number of para-hydroxylation sites is 1. The second kappa shape index (κ2) is 8.97. The third-order valence-corrected chi connectivity index (χ3v) is 6.52. The lowest BCUT2D eigenvalue weighted by atomic mass is 10.0. The van der Waals surface area contributed by atoms with Crippen LogP contribution >= 0.6 is 0 Å². The van der Waals surface area contributed by atoms with Crippen LogP contribution in [0.2, 0.25) is 0 Å². The molecule has 9 heteroatoms. The second-order valence-corrected chi connectivity index (χ2v) is 9.11. The number of aromatic nitrogens is 3. The highest BCUT2D eigenvalue weighted by molar-refractivity contribution is 5.96. The topological polar surface area (TPSA) is 102 Å². The van der Waals surface area contributed by atoms with Crippen LogP contribution in [0, 0.1) is 11.8 Å². The molecule has 1 aromatic carbocycles. The van der Waals surface area contributed by atoms with Crippen LogP contribution in [-0.4, -0.2) is 57.8 Å². The van der Waals surface area contributed by atoms with Crippen LogP contribution in [-0.2, 0) is 22.5 Å². The van der Waals surface area contributed by atoms with E-state index in [1.807, 2.05) is 24.3 Å². The number of nitrogens with zero attached hydrogens (tertiary/aromatic N) is 4. The number of hydrogen-bond acceptors (Lipinski definition) is 6. The van der Waals surface area contributed by atoms with Gasteiger partial charge in [0, 0.05) is 38.0 Å². The highest BCUT2D eigenvalue weighted by Gasteiger charge is 2.32. The number of benzene rings is 1. The Morgan fingerprint density at radius 1 is 1.15 bits per heavy atom. The fraction of sp³-hybridized carbons (Fsp3) is 0.500. The first-order valence-electron chi connectivity index (χ1n) is 11.6. The summed E-state index contributed by atoms with van der Waals surface area (Å²) in [5.74, 6) is 1.82. The molecule has 4 heterocycles. The highest BCUT2D eigenvalue weighted by atomic mass is 16.5. The fourth-order valence-electron chi connectivity index (χ4n) is 4.56. The van der Waals surface area contributed by atoms with Gasteiger partial charge in [-0.25, -0.2) is 0 Å². The molecule has 1 fully saturated rings. The van der Waals surface area contributed by atoms with Crippen molar-refractivity contribution in [3.63, 3.8) is 0 Å². The van der Waals surface area contributed by atoms with Gasteiger partial charge in [-0.2, -0.15) is 0 Å². The zero-order valence-electron chi connectivity index (χ0n) is 19.0. The fourth-order valence-corrected chi connectivity index (χ4v) is 4.56. The number of amides is 2. The molecule has 2 aromatic heterocycles. The van der Waals surface area contributed by atoms with Gasteiger partial charge in [-0.15, -0.1) is 10.2 Å². The summed E-state index contributed by atoms with van der Waals surface area (Å²) in [6, 6.07) is 9.16. The molecule has 5 rings (SSSR count). The van der Waals surface area contributed by atoms with Gasteiger partial charge in [0.1, 0.15) is 11.4 Å². The van der Waals surface area contributed by atoms with Crippen molar-refractivity contribution in [2.45, 2.75) is 39.3 Å². The Morgan fingerprint density at radius 3 is 2.76 bits per heavy atom. The van der Waals surface area contributed by atoms with E-state index in [2.05, 4.69) is 33.9 Å². The van der Waals surface area contributed by atoms with E-state index in [0.29, 0.717) is 50.6 Å². The van der Waals surface area contributed by atoms with E-state index in [-0.39, 0.29) is 29.7 Å². The van der Waals surface area contributed by atoms with Gasteiger partial charge in [-0.1, -0.05) is 32.0 Å². The molecule has 0 aliphatic carbocycles. The Balaban J connectivity index is 1.32. The van der Waals surface area contributed by atoms with Crippen molar-refractivity contribution in [3.8, 4) is 0 Å². The quantitative estimate of drug-likeness (QED) is 0.640. The number of rotatable bonds is 5. The molecule has 2 amide bonds. The molecule has 3 aromatic rings. The van der Waals surface area contributed by atoms with E-state index >= 15 is 0 Å². The van der Waals surface area contributed by atoms with Gasteiger partial charge in [-0.05, 0) is 24.5 Å². The first-order chi connectivity index (χ1) is 16.0. The molecule has 174 valence electrons. The molecule has 1 N–H and O–H groups in total. The number of furan rings is 1. The van der Waals surface area contributed by atoms with Gasteiger partial charge in [0.2, 0.25) is 5.91 Å². The van der Waals surface area contributed by atoms with Gasteiger partial charge in [-0.3, -0.25) is 9.59 Å². The zero-order chi connectivity index (χ0) is 22.9. The van der Waals surface area contributed by atoms with Crippen molar-refractivity contribution in [1.29, 1.82) is 0 Å². The van der Waals surface area contributed by atoms with E-state index in [4.69, 9.17) is 9.15 Å². The van der Waals surface area contributed by atoms with Crippen molar-refractivity contribution in [3.05, 3.63) is 47.7 Å². The maximum absolute atomic E-state index is 13.1. The molecule has 0 bridgehead atoms. The molecule has 33 heavy (non-hydrogen) atoms. The Hall–Kier alpha value is -3.20. The predicted octanol–water partition coefficient (Wildman–Crippen LogP) is 2.57. The number of fused-ring (bicyclic) bond motifs is 2. The predicted molar refractivity (Wildman–Crippen MR) is 120 cm³/mol. The minimum Gasteiger partial charge on any atom is -0.451 e. The summed E-state index contributed by atoms with van der Waals surface area (Å²) < 4.78 is 13.2. The normalized spacial score (nSPS) is 19.5. The summed E-state index contributed by atoms with van der Waals surface area (Å²) >= 11 is 0. The first kappa shape index (κ1) is 21.6. The van der Waals surface area contributed by atoms with Crippen molar-refractivity contribution in [1.82, 2.24) is 25.0 Å². The molecule has 2 aliphatic rings. The monoisotopic (exact) mass is 451 g/mol. The minimum absolute atomic E-state index is 0.00105. The highest BCUT2D eigenvalue weighted by Crippen LogP contribution is 2.25. The second-order valence-electron chi connectivity index (χ2n) is 9.11. The Morgan fingerprint density at radius 2 is 2.00 bits per heavy atom. The summed E-state index contributed by atoms with van der Waals surface area (Å²) in [5, 5.41) is 12.9. The van der Waals surface area contributed by atoms with Crippen molar-refractivity contribution >= 4 is 22.8 Å². The zero-order valence-corrected chi connectivity index (χ0v) is 19.0. The van der Waals surface area contributed by atoms with Gasteiger partial charge in [0.25, 0.3) is 5.91 Å². The lowest BCUT2D eigenvalue weighted by Crippen LogP contribution is -2.38. The number of nitrogens with one attached hydrogen (secondary N) is 1. The molecule has 0 radical (unpaired) electrons. The molecule has 1 saturated heterocycles. The molecule has 0 unspecified atom stereocenters. The summed E-state index contributed by atoms with van der Waals surface area (Å²) in [4.78, 5) is 27.7. The maximum atomic E-state index is 13.1. The van der Waals surface area contributed by atoms with Crippen molar-refractivity contribution < 1.29 is 18.7 Å². The van der Waals surface area contributed by atoms with Crippen molar-refractivity contribution in [2.75, 3.05) is 26.3 Å². The molecule has 2 aliphatic heterocycles. The lowest BCUT2D eigenvalue weighted by molar-refractivity contribution is -0.126. The molecular formula is C24H29N5O4. The summed E-state index contributed by atoms with van der Waals surface area (Å²) in [6.45, 7) is 6.83. The Labute approximate surface area is 192 Å². The van der Waals surface area contributed by atoms with Crippen LogP contribution < -0.4 is 5.32 Å². The SMILES string of the molecule is CC(C)[C@@H](NC(=O)[C@@H]1CCOC1)c1nnc2n1CCN(C(=O)c1cc3ccccc3o1)CC2. The molecule has 9 nitrogen and oxygen atoms in total. The molecule has 2 atom stereocenters.